The SMILES string of the molecule is CCCCCCCCCCCCCCCCC1CC(O)CN1. The fourth-order valence-electron chi connectivity index (χ4n) is 3.60. The van der Waals surface area contributed by atoms with Gasteiger partial charge in [0.1, 0.15) is 0 Å². The van der Waals surface area contributed by atoms with E-state index in [0.717, 1.165) is 13.0 Å². The van der Waals surface area contributed by atoms with Crippen molar-refractivity contribution in [3.63, 3.8) is 0 Å². The van der Waals surface area contributed by atoms with Crippen LogP contribution in [0.4, 0.5) is 0 Å². The van der Waals surface area contributed by atoms with Crippen molar-refractivity contribution in [2.45, 2.75) is 122 Å². The molecule has 2 atom stereocenters. The maximum atomic E-state index is 9.45. The highest BCUT2D eigenvalue weighted by atomic mass is 16.3. The Labute approximate surface area is 139 Å². The fraction of sp³-hybridized carbons (Fsp3) is 1.00. The van der Waals surface area contributed by atoms with Gasteiger partial charge in [-0.1, -0.05) is 96.8 Å². The molecule has 0 bridgehead atoms. The maximum Gasteiger partial charge on any atom is 0.0679 e. The Hall–Kier alpha value is -0.0800. The van der Waals surface area contributed by atoms with E-state index >= 15 is 0 Å². The van der Waals surface area contributed by atoms with Gasteiger partial charge in [-0.3, -0.25) is 0 Å². The summed E-state index contributed by atoms with van der Waals surface area (Å²) in [6.07, 6.45) is 22.1. The van der Waals surface area contributed by atoms with Crippen molar-refractivity contribution in [2.24, 2.45) is 0 Å². The Morgan fingerprint density at radius 1 is 0.727 bits per heavy atom. The van der Waals surface area contributed by atoms with Gasteiger partial charge in [-0.15, -0.1) is 0 Å². The first-order valence-electron chi connectivity index (χ1n) is 10.2. The van der Waals surface area contributed by atoms with Gasteiger partial charge in [0.25, 0.3) is 0 Å². The summed E-state index contributed by atoms with van der Waals surface area (Å²) >= 11 is 0. The van der Waals surface area contributed by atoms with Crippen molar-refractivity contribution in [1.29, 1.82) is 0 Å². The largest absolute Gasteiger partial charge is 0.392 e. The van der Waals surface area contributed by atoms with Crippen molar-refractivity contribution in [1.82, 2.24) is 5.32 Å². The molecule has 1 aliphatic heterocycles. The first kappa shape index (κ1) is 20.0. The van der Waals surface area contributed by atoms with Gasteiger partial charge in [0.15, 0.2) is 0 Å². The Kier molecular flexibility index (Phi) is 13.2. The molecule has 2 nitrogen and oxygen atoms in total. The van der Waals surface area contributed by atoms with E-state index in [1.807, 2.05) is 0 Å². The van der Waals surface area contributed by atoms with Crippen LogP contribution in [0.15, 0.2) is 0 Å². The first-order chi connectivity index (χ1) is 10.8. The molecular weight excluding hydrogens is 270 g/mol. The molecule has 1 aliphatic rings. The van der Waals surface area contributed by atoms with Gasteiger partial charge in [-0.25, -0.2) is 0 Å². The van der Waals surface area contributed by atoms with Crippen molar-refractivity contribution in [2.75, 3.05) is 6.54 Å². The van der Waals surface area contributed by atoms with Crippen LogP contribution in [0.3, 0.4) is 0 Å². The van der Waals surface area contributed by atoms with E-state index in [2.05, 4.69) is 12.2 Å². The van der Waals surface area contributed by atoms with Crippen LogP contribution in [0.25, 0.3) is 0 Å². The molecule has 0 aromatic rings. The number of hydrogen-bond acceptors (Lipinski definition) is 2. The van der Waals surface area contributed by atoms with Crippen molar-refractivity contribution in [3.05, 3.63) is 0 Å². The molecule has 132 valence electrons. The topological polar surface area (TPSA) is 32.3 Å². The van der Waals surface area contributed by atoms with Crippen LogP contribution in [0.5, 0.6) is 0 Å². The third-order valence-corrected chi connectivity index (χ3v) is 5.10. The lowest BCUT2D eigenvalue weighted by molar-refractivity contribution is 0.192. The molecule has 0 spiro atoms. The van der Waals surface area contributed by atoms with Crippen LogP contribution in [0, 0.1) is 0 Å². The Morgan fingerprint density at radius 2 is 1.18 bits per heavy atom. The standard InChI is InChI=1S/C20H41NO/c1-2-3-4-5-6-7-8-9-10-11-12-13-14-15-16-19-17-20(22)18-21-19/h19-22H,2-18H2,1H3. The van der Waals surface area contributed by atoms with E-state index in [1.165, 1.54) is 96.3 Å². The van der Waals surface area contributed by atoms with Crippen LogP contribution in [-0.4, -0.2) is 23.8 Å². The zero-order valence-electron chi connectivity index (χ0n) is 15.1. The summed E-state index contributed by atoms with van der Waals surface area (Å²) in [5, 5.41) is 12.9. The number of β-amino-alcohol motifs (C(OH)–C–C–N with tert-alkyl or cyclic N) is 1. The van der Waals surface area contributed by atoms with Gasteiger partial charge in [-0.2, -0.15) is 0 Å². The van der Waals surface area contributed by atoms with Crippen LogP contribution < -0.4 is 5.32 Å². The molecule has 2 N–H and O–H groups in total. The second-order valence-electron chi connectivity index (χ2n) is 7.38. The average Bonchev–Trinajstić information content (AvgIpc) is 2.93. The molecule has 0 aromatic carbocycles. The lowest BCUT2D eigenvalue weighted by atomic mass is 10.0. The van der Waals surface area contributed by atoms with Gasteiger partial charge < -0.3 is 10.4 Å². The highest BCUT2D eigenvalue weighted by Gasteiger charge is 2.20. The maximum absolute atomic E-state index is 9.45. The molecule has 1 fully saturated rings. The summed E-state index contributed by atoms with van der Waals surface area (Å²) in [5.41, 5.74) is 0. The molecule has 2 heteroatoms. The first-order valence-corrected chi connectivity index (χ1v) is 10.2. The van der Waals surface area contributed by atoms with Gasteiger partial charge in [0.05, 0.1) is 6.10 Å². The lowest BCUT2D eigenvalue weighted by Crippen LogP contribution is -2.21. The van der Waals surface area contributed by atoms with E-state index in [0.29, 0.717) is 6.04 Å². The predicted molar refractivity (Wildman–Crippen MR) is 97.3 cm³/mol. The minimum absolute atomic E-state index is 0.0864. The molecule has 1 heterocycles. The van der Waals surface area contributed by atoms with Gasteiger partial charge >= 0.3 is 0 Å². The third-order valence-electron chi connectivity index (χ3n) is 5.10. The zero-order chi connectivity index (χ0) is 15.9. The predicted octanol–water partition coefficient (Wildman–Crippen LogP) is 5.58. The molecular formula is C20H41NO. The van der Waals surface area contributed by atoms with Crippen LogP contribution in [0.1, 0.15) is 110 Å². The van der Waals surface area contributed by atoms with Crippen molar-refractivity contribution in [3.8, 4) is 0 Å². The van der Waals surface area contributed by atoms with E-state index in [-0.39, 0.29) is 6.10 Å². The second kappa shape index (κ2) is 14.5. The minimum Gasteiger partial charge on any atom is -0.392 e. The number of unbranched alkanes of at least 4 members (excludes halogenated alkanes) is 13. The Bertz CT molecular complexity index is 232. The number of hydrogen-bond donors (Lipinski definition) is 2. The van der Waals surface area contributed by atoms with Crippen molar-refractivity contribution < 1.29 is 5.11 Å². The summed E-state index contributed by atoms with van der Waals surface area (Å²) in [7, 11) is 0. The highest BCUT2D eigenvalue weighted by molar-refractivity contribution is 4.80. The monoisotopic (exact) mass is 311 g/mol. The molecule has 0 aliphatic carbocycles. The Balaban J connectivity index is 1.68. The fourth-order valence-corrected chi connectivity index (χ4v) is 3.60. The quantitative estimate of drug-likeness (QED) is 0.387. The summed E-state index contributed by atoms with van der Waals surface area (Å²) in [4.78, 5) is 0. The van der Waals surface area contributed by atoms with E-state index < -0.39 is 0 Å². The normalized spacial score (nSPS) is 21.5. The van der Waals surface area contributed by atoms with Crippen LogP contribution in [-0.2, 0) is 0 Å². The lowest BCUT2D eigenvalue weighted by Gasteiger charge is -2.09. The van der Waals surface area contributed by atoms with Gasteiger partial charge in [-0.05, 0) is 12.8 Å². The van der Waals surface area contributed by atoms with Crippen LogP contribution >= 0.6 is 0 Å². The second-order valence-corrected chi connectivity index (χ2v) is 7.38. The third kappa shape index (κ3) is 11.5. The molecule has 2 unspecified atom stereocenters. The summed E-state index contributed by atoms with van der Waals surface area (Å²) in [6.45, 7) is 3.10. The molecule has 0 aromatic heterocycles. The molecule has 0 radical (unpaired) electrons. The van der Waals surface area contributed by atoms with E-state index in [9.17, 15) is 5.11 Å². The molecule has 0 saturated carbocycles. The number of nitrogens with one attached hydrogen (secondary N) is 1. The minimum atomic E-state index is -0.0864. The zero-order valence-corrected chi connectivity index (χ0v) is 15.1. The molecule has 22 heavy (non-hydrogen) atoms. The number of aliphatic hydroxyl groups excluding tert-OH is 1. The van der Waals surface area contributed by atoms with E-state index in [1.54, 1.807) is 0 Å². The van der Waals surface area contributed by atoms with Gasteiger partial charge in [0.2, 0.25) is 0 Å². The average molecular weight is 312 g/mol. The molecule has 0 amide bonds. The van der Waals surface area contributed by atoms with E-state index in [4.69, 9.17) is 0 Å². The van der Waals surface area contributed by atoms with Crippen molar-refractivity contribution >= 4 is 0 Å². The highest BCUT2D eigenvalue weighted by Crippen LogP contribution is 2.16. The summed E-state index contributed by atoms with van der Waals surface area (Å²) < 4.78 is 0. The molecule has 1 rings (SSSR count). The number of aliphatic hydroxyl groups is 1. The number of rotatable bonds is 15. The summed E-state index contributed by atoms with van der Waals surface area (Å²) in [5.74, 6) is 0. The van der Waals surface area contributed by atoms with Gasteiger partial charge in [0, 0.05) is 12.6 Å². The van der Waals surface area contributed by atoms with Crippen LogP contribution in [0.2, 0.25) is 0 Å². The smallest absolute Gasteiger partial charge is 0.0679 e. The Morgan fingerprint density at radius 3 is 1.59 bits per heavy atom. The molecule has 1 saturated heterocycles. The summed E-state index contributed by atoms with van der Waals surface area (Å²) in [6, 6.07) is 0.590.